The predicted octanol–water partition coefficient (Wildman–Crippen LogP) is 24.5. The van der Waals surface area contributed by atoms with Gasteiger partial charge in [-0.25, -0.2) is 0 Å². The van der Waals surface area contributed by atoms with Gasteiger partial charge in [-0.3, -0.25) is 0 Å². The molecule has 0 aromatic heterocycles. The first-order chi connectivity index (χ1) is 35.5. The minimum absolute atomic E-state index is 0. The molecule has 10 aliphatic rings. The number of halogens is 4. The number of hydrogen-bond acceptors (Lipinski definition) is 0. The van der Waals surface area contributed by atoms with Gasteiger partial charge in [-0.15, -0.1) is 13.2 Å². The number of hydrogen-bond donors (Lipinski definition) is 0. The molecule has 0 nitrogen and oxygen atoms in total. The minimum atomic E-state index is -1.23. The van der Waals surface area contributed by atoms with E-state index in [9.17, 15) is 0 Å². The van der Waals surface area contributed by atoms with Crippen LogP contribution in [0.5, 0.6) is 0 Å². The SMILES string of the molecule is C=CC[Si](C)(C)C1CCC(C2(C3C4C=C(C)C=CC4C4C=CC(C(C)(C)C)=CC43)CCCC2)C1.C=CC[Si](C)(C)C1CCC(C2(C3C4C=C(C)C=CC4C4C=CC(C(C)(C)C)=CC43)CCCCC2)C1.[CH3-].[CH3-].[CH3-].[CH3-].[Cl][Zr+2][Cl].[Cl][Zr+2][Cl]. The first-order valence-corrected chi connectivity index (χ1v) is 49.4. The summed E-state index contributed by atoms with van der Waals surface area (Å²) in [5, 5.41) is 0. The van der Waals surface area contributed by atoms with Gasteiger partial charge in [0.05, 0.1) is 16.1 Å². The molecule has 8 heteroatoms. The second kappa shape index (κ2) is 31.1. The quantitative estimate of drug-likeness (QED) is 0.116. The van der Waals surface area contributed by atoms with Crippen LogP contribution >= 0.6 is 34.1 Å². The van der Waals surface area contributed by atoms with Crippen LogP contribution in [0.1, 0.15) is 152 Å². The molecule has 0 aromatic carbocycles. The summed E-state index contributed by atoms with van der Waals surface area (Å²) in [5.41, 5.74) is 9.75. The van der Waals surface area contributed by atoms with Gasteiger partial charge in [-0.1, -0.05) is 209 Å². The molecule has 10 aliphatic carbocycles. The van der Waals surface area contributed by atoms with Crippen molar-refractivity contribution in [1.82, 2.24) is 0 Å². The molecule has 6 fully saturated rings. The molecule has 0 amide bonds. The fourth-order valence-electron chi connectivity index (χ4n) is 18.9. The zero-order valence-corrected chi connectivity index (χ0v) is 63.1. The van der Waals surface area contributed by atoms with Crippen LogP contribution in [-0.4, -0.2) is 16.1 Å². The van der Waals surface area contributed by atoms with Gasteiger partial charge < -0.3 is 29.7 Å². The fourth-order valence-corrected chi connectivity index (χ4v) is 24.8. The maximum atomic E-state index is 4.93. The Labute approximate surface area is 530 Å². The van der Waals surface area contributed by atoms with E-state index in [1.807, 2.05) is 0 Å². The summed E-state index contributed by atoms with van der Waals surface area (Å²) in [7, 11) is 17.3. The average molecular weight is 1350 g/mol. The van der Waals surface area contributed by atoms with Gasteiger partial charge >= 0.3 is 75.7 Å². The molecule has 0 spiro atoms. The summed E-state index contributed by atoms with van der Waals surface area (Å²) < 4.78 is 0. The molecule has 79 heavy (non-hydrogen) atoms. The van der Waals surface area contributed by atoms with E-state index in [2.05, 4.69) is 180 Å². The van der Waals surface area contributed by atoms with Crippen LogP contribution in [0.3, 0.4) is 0 Å². The fraction of sp³-hybridized carbons (Fsp3) is 0.662. The third kappa shape index (κ3) is 16.1. The Hall–Kier alpha value is 0.760. The van der Waals surface area contributed by atoms with E-state index < -0.39 is 57.8 Å². The normalized spacial score (nSPS) is 34.1. The van der Waals surface area contributed by atoms with Gasteiger partial charge in [0.25, 0.3) is 0 Å². The van der Waals surface area contributed by atoms with E-state index in [1.165, 1.54) is 120 Å². The van der Waals surface area contributed by atoms with Crippen molar-refractivity contribution < 1.29 is 41.7 Å². The van der Waals surface area contributed by atoms with E-state index in [4.69, 9.17) is 34.1 Å². The van der Waals surface area contributed by atoms with Crippen molar-refractivity contribution in [1.29, 1.82) is 0 Å². The summed E-state index contributed by atoms with van der Waals surface area (Å²) in [6.07, 6.45) is 58.1. The second-order valence-electron chi connectivity index (χ2n) is 29.4. The summed E-state index contributed by atoms with van der Waals surface area (Å²) in [6.45, 7) is 38.0. The molecule has 10 rings (SSSR count). The Morgan fingerprint density at radius 2 is 0.772 bits per heavy atom. The standard InChI is InChI=1S/C34H52Si.C33H50Si.4CH3.4ClH.2Zr/c1-8-20-35(6,7)27-15-13-26(22-27)34(18-10-9-11-19-34)32-30-21-24(2)12-16-28(30)29-17-14-25(23-31(29)32)33(3,4)5;1-8-19-34(6,7)26-14-12-25(21-26)33(17-9-10-18-33)31-29-20-23(2)11-15-27(29)28-16-13-24(22-30(28)31)32(3,4)5;;;;;;;;;;/h8,12,14,16-17,21,23,26-32H,1,9-11,13,15,18-20,22H2,2-7H3;8,11,13,15-16,20,22,25-31H,1,9-10,12,14,17-19,21H2,2-7H3;4*1H3;4*1H;;/q;;4*-1;;;;;2*+4/p-4. The van der Waals surface area contributed by atoms with Gasteiger partial charge in [0.2, 0.25) is 0 Å². The molecule has 0 saturated heterocycles. The van der Waals surface area contributed by atoms with E-state index in [0.29, 0.717) is 40.4 Å². The van der Waals surface area contributed by atoms with Crippen molar-refractivity contribution in [3.8, 4) is 0 Å². The van der Waals surface area contributed by atoms with Gasteiger partial charge in [0, 0.05) is 0 Å². The molecule has 0 bridgehead atoms. The monoisotopic (exact) mass is 1340 g/mol. The molecule has 442 valence electrons. The van der Waals surface area contributed by atoms with Crippen LogP contribution in [0.4, 0.5) is 0 Å². The van der Waals surface area contributed by atoms with Gasteiger partial charge in [-0.2, -0.15) is 0 Å². The molecular weight excluding hydrogens is 1230 g/mol. The van der Waals surface area contributed by atoms with Crippen LogP contribution < -0.4 is 0 Å². The van der Waals surface area contributed by atoms with Crippen molar-refractivity contribution in [2.75, 3.05) is 0 Å². The number of allylic oxidation sites excluding steroid dienone is 18. The Kier molecular flexibility index (Phi) is 29.1. The Balaban J connectivity index is 0.000000361. The van der Waals surface area contributed by atoms with E-state index in [0.717, 1.165) is 52.5 Å². The number of rotatable bonds is 10. The van der Waals surface area contributed by atoms with Crippen molar-refractivity contribution in [2.45, 2.75) is 201 Å². The van der Waals surface area contributed by atoms with Crippen LogP contribution in [0.25, 0.3) is 0 Å². The van der Waals surface area contributed by atoms with Crippen LogP contribution in [0, 0.1) is 122 Å². The van der Waals surface area contributed by atoms with E-state index in [-0.39, 0.29) is 40.5 Å². The third-order valence-electron chi connectivity index (χ3n) is 22.6. The summed E-state index contributed by atoms with van der Waals surface area (Å²) in [6, 6.07) is 2.59. The zero-order chi connectivity index (χ0) is 54.7. The van der Waals surface area contributed by atoms with Crippen LogP contribution in [-0.2, 0) is 41.7 Å². The Morgan fingerprint density at radius 3 is 1.08 bits per heavy atom. The second-order valence-corrected chi connectivity index (χ2v) is 47.3. The molecular formula is C71H114Cl4Si2Zr2. The van der Waals surface area contributed by atoms with Crippen molar-refractivity contribution in [3.05, 3.63) is 150 Å². The molecule has 0 heterocycles. The molecule has 0 N–H and O–H groups in total. The van der Waals surface area contributed by atoms with Crippen LogP contribution in [0.2, 0.25) is 49.4 Å². The summed E-state index contributed by atoms with van der Waals surface area (Å²) in [5.74, 6) is 9.20. The zero-order valence-electron chi connectivity index (χ0n) is 53.1. The molecule has 6 saturated carbocycles. The maximum absolute atomic E-state index is 4.93. The topological polar surface area (TPSA) is 0 Å². The van der Waals surface area contributed by atoms with Crippen molar-refractivity contribution in [2.24, 2.45) is 92.7 Å². The van der Waals surface area contributed by atoms with Gasteiger partial charge in [0.1, 0.15) is 0 Å². The summed E-state index contributed by atoms with van der Waals surface area (Å²) >= 11 is -1.65. The van der Waals surface area contributed by atoms with Gasteiger partial charge in [0.15, 0.2) is 0 Å². The molecule has 0 aromatic rings. The average Bonchev–Trinajstić information content (AvgIpc) is 4.21. The van der Waals surface area contributed by atoms with Gasteiger partial charge in [-0.05, 0) is 192 Å². The molecule has 14 atom stereocenters. The van der Waals surface area contributed by atoms with Crippen LogP contribution in [0.15, 0.2) is 121 Å². The Bertz CT molecular complexity index is 2220. The van der Waals surface area contributed by atoms with Crippen molar-refractivity contribution in [3.63, 3.8) is 0 Å². The molecule has 0 radical (unpaired) electrons. The first-order valence-electron chi connectivity index (χ1n) is 30.2. The van der Waals surface area contributed by atoms with E-state index >= 15 is 0 Å². The molecule has 0 aliphatic heterocycles. The van der Waals surface area contributed by atoms with E-state index in [1.54, 1.807) is 11.1 Å². The summed E-state index contributed by atoms with van der Waals surface area (Å²) in [4.78, 5) is 0. The Morgan fingerprint density at radius 1 is 0.481 bits per heavy atom. The third-order valence-corrected chi connectivity index (χ3v) is 30.7. The predicted molar refractivity (Wildman–Crippen MR) is 357 cm³/mol. The van der Waals surface area contributed by atoms with Crippen molar-refractivity contribution >= 4 is 50.2 Å². The first kappa shape index (κ1) is 74.0. The molecule has 14 unspecified atom stereocenters. The number of fused-ring (bicyclic) bond motifs is 6.